The normalized spacial score (nSPS) is 13.0. The Bertz CT molecular complexity index is 768. The first-order valence-corrected chi connectivity index (χ1v) is 7.52. The van der Waals surface area contributed by atoms with Gasteiger partial charge in [0.25, 0.3) is 0 Å². The molecule has 0 aliphatic rings. The number of Topliss-reactive ketones (excluding diaryl/α,β-unsaturated/α-hetero) is 1. The fraction of sp³-hybridized carbons (Fsp3) is 0.235. The summed E-state index contributed by atoms with van der Waals surface area (Å²) in [7, 11) is 2.82. The number of hydrogen-bond acceptors (Lipinski definition) is 4. The minimum Gasteiger partial charge on any atom is -0.468 e. The molecular weight excluding hydrogens is 346 g/mol. The maximum absolute atomic E-state index is 12.7. The summed E-state index contributed by atoms with van der Waals surface area (Å²) in [6.45, 7) is 1.65. The summed E-state index contributed by atoms with van der Waals surface area (Å²) < 4.78 is 5.71. The molecule has 0 saturated carbocycles. The molecule has 0 spiro atoms. The number of rotatable bonds is 4. The Labute approximate surface area is 137 Å². The van der Waals surface area contributed by atoms with Gasteiger partial charge in [0.2, 0.25) is 0 Å². The second kappa shape index (κ2) is 6.83. The van der Waals surface area contributed by atoms with Gasteiger partial charge in [-0.3, -0.25) is 14.6 Å². The molecule has 2 aromatic rings. The number of esters is 1. The summed E-state index contributed by atoms with van der Waals surface area (Å²) in [5, 5.41) is 1.95. The van der Waals surface area contributed by atoms with Crippen molar-refractivity contribution in [3.63, 3.8) is 0 Å². The van der Waals surface area contributed by atoms with Crippen molar-refractivity contribution in [1.29, 1.82) is 0 Å². The van der Waals surface area contributed by atoms with Crippen molar-refractivity contribution in [2.24, 2.45) is 10.9 Å². The molecule has 5 heteroatoms. The molecule has 1 unspecified atom stereocenters. The summed E-state index contributed by atoms with van der Waals surface area (Å²) >= 11 is 3.42. The number of halogens is 1. The highest BCUT2D eigenvalue weighted by molar-refractivity contribution is 9.10. The Hall–Kier alpha value is -2.01. The van der Waals surface area contributed by atoms with E-state index in [1.165, 1.54) is 7.11 Å². The number of carbonyl (C=O) groups excluding carboxylic acids is 2. The zero-order chi connectivity index (χ0) is 16.3. The zero-order valence-electron chi connectivity index (χ0n) is 12.6. The van der Waals surface area contributed by atoms with Crippen LogP contribution >= 0.6 is 15.9 Å². The molecule has 0 aliphatic carbocycles. The largest absolute Gasteiger partial charge is 0.468 e. The van der Waals surface area contributed by atoms with Crippen molar-refractivity contribution in [2.45, 2.75) is 6.92 Å². The van der Waals surface area contributed by atoms with Crippen molar-refractivity contribution in [3.8, 4) is 0 Å². The van der Waals surface area contributed by atoms with Gasteiger partial charge in [-0.25, -0.2) is 0 Å². The van der Waals surface area contributed by atoms with E-state index in [-0.39, 0.29) is 5.78 Å². The van der Waals surface area contributed by atoms with E-state index in [9.17, 15) is 9.59 Å². The molecule has 0 aromatic heterocycles. The van der Waals surface area contributed by atoms with Gasteiger partial charge in [-0.2, -0.15) is 0 Å². The fourth-order valence-corrected chi connectivity index (χ4v) is 2.63. The number of aliphatic imine (C=N–C) groups is 1. The van der Waals surface area contributed by atoms with Crippen LogP contribution in [-0.4, -0.2) is 31.6 Å². The van der Waals surface area contributed by atoms with Gasteiger partial charge in [0.15, 0.2) is 11.7 Å². The molecule has 2 aromatic carbocycles. The molecule has 0 fully saturated rings. The molecule has 2 rings (SSSR count). The second-order valence-electron chi connectivity index (χ2n) is 4.89. The lowest BCUT2D eigenvalue weighted by Crippen LogP contribution is -2.31. The van der Waals surface area contributed by atoms with Crippen LogP contribution in [0.5, 0.6) is 0 Å². The summed E-state index contributed by atoms with van der Waals surface area (Å²) in [6.07, 6.45) is 0. The molecule has 0 aliphatic heterocycles. The highest BCUT2D eigenvalue weighted by Crippen LogP contribution is 2.23. The van der Waals surface area contributed by atoms with E-state index < -0.39 is 11.9 Å². The molecule has 114 valence electrons. The van der Waals surface area contributed by atoms with Crippen LogP contribution in [0.25, 0.3) is 10.8 Å². The zero-order valence-corrected chi connectivity index (χ0v) is 14.2. The number of carbonyl (C=O) groups is 2. The van der Waals surface area contributed by atoms with Crippen LogP contribution in [0.4, 0.5) is 0 Å². The summed E-state index contributed by atoms with van der Waals surface area (Å²) in [6, 6.07) is 11.2. The summed E-state index contributed by atoms with van der Waals surface area (Å²) in [5.74, 6) is -1.90. The molecule has 0 N–H and O–H groups in total. The number of hydrogen-bond donors (Lipinski definition) is 0. The molecule has 0 bridgehead atoms. The minimum absolute atomic E-state index is 0.306. The Kier molecular flexibility index (Phi) is 5.08. The number of benzene rings is 2. The lowest BCUT2D eigenvalue weighted by atomic mass is 9.92. The predicted octanol–water partition coefficient (Wildman–Crippen LogP) is 3.66. The number of methoxy groups -OCH3 is 1. The first-order valence-electron chi connectivity index (χ1n) is 6.72. The van der Waals surface area contributed by atoms with E-state index in [1.54, 1.807) is 26.1 Å². The quantitative estimate of drug-likeness (QED) is 0.361. The molecule has 0 radical (unpaired) electrons. The van der Waals surface area contributed by atoms with Crippen LogP contribution in [0.15, 0.2) is 45.9 Å². The average Bonchev–Trinajstić information content (AvgIpc) is 2.53. The molecule has 4 nitrogen and oxygen atoms in total. The topological polar surface area (TPSA) is 55.7 Å². The van der Waals surface area contributed by atoms with Gasteiger partial charge in [-0.1, -0.05) is 34.1 Å². The molecule has 0 amide bonds. The highest BCUT2D eigenvalue weighted by atomic mass is 79.9. The standard InChI is InChI=1S/C17H16BrNO3/c1-10(19-2)15(17(21)22-3)16(20)13-5-4-12-9-14(18)7-6-11(12)8-13/h4-9,15H,1-3H3. The molecule has 0 saturated heterocycles. The first-order chi connectivity index (χ1) is 10.5. The van der Waals surface area contributed by atoms with Gasteiger partial charge < -0.3 is 4.74 Å². The van der Waals surface area contributed by atoms with Gasteiger partial charge in [0, 0.05) is 22.8 Å². The van der Waals surface area contributed by atoms with Crippen LogP contribution in [0.1, 0.15) is 17.3 Å². The van der Waals surface area contributed by atoms with E-state index in [0.29, 0.717) is 11.3 Å². The van der Waals surface area contributed by atoms with Crippen molar-refractivity contribution < 1.29 is 14.3 Å². The number of nitrogens with zero attached hydrogens (tertiary/aromatic N) is 1. The Morgan fingerprint density at radius 3 is 2.41 bits per heavy atom. The Morgan fingerprint density at radius 2 is 1.77 bits per heavy atom. The van der Waals surface area contributed by atoms with E-state index >= 15 is 0 Å². The van der Waals surface area contributed by atoms with E-state index in [4.69, 9.17) is 4.74 Å². The number of ether oxygens (including phenoxy) is 1. The van der Waals surface area contributed by atoms with Gasteiger partial charge in [0.1, 0.15) is 0 Å². The third kappa shape index (κ3) is 3.25. The maximum atomic E-state index is 12.7. The van der Waals surface area contributed by atoms with Gasteiger partial charge >= 0.3 is 5.97 Å². The van der Waals surface area contributed by atoms with Gasteiger partial charge in [-0.15, -0.1) is 0 Å². The monoisotopic (exact) mass is 361 g/mol. The third-order valence-electron chi connectivity index (χ3n) is 3.56. The van der Waals surface area contributed by atoms with Crippen molar-refractivity contribution >= 4 is 44.2 Å². The third-order valence-corrected chi connectivity index (χ3v) is 4.05. The number of fused-ring (bicyclic) bond motifs is 1. The van der Waals surface area contributed by atoms with Crippen molar-refractivity contribution in [3.05, 3.63) is 46.4 Å². The van der Waals surface area contributed by atoms with Gasteiger partial charge in [-0.05, 0) is 35.9 Å². The van der Waals surface area contributed by atoms with E-state index in [1.807, 2.05) is 24.3 Å². The molecule has 22 heavy (non-hydrogen) atoms. The first kappa shape index (κ1) is 16.4. The smallest absolute Gasteiger partial charge is 0.322 e. The summed E-state index contributed by atoms with van der Waals surface area (Å²) in [4.78, 5) is 28.5. The van der Waals surface area contributed by atoms with Crippen LogP contribution in [0.2, 0.25) is 0 Å². The average molecular weight is 362 g/mol. The van der Waals surface area contributed by atoms with Crippen molar-refractivity contribution in [1.82, 2.24) is 0 Å². The van der Waals surface area contributed by atoms with Crippen LogP contribution in [0.3, 0.4) is 0 Å². The fourth-order valence-electron chi connectivity index (χ4n) is 2.25. The maximum Gasteiger partial charge on any atom is 0.322 e. The van der Waals surface area contributed by atoms with E-state index in [0.717, 1.165) is 15.2 Å². The molecule has 1 atom stereocenters. The molecule has 0 heterocycles. The highest BCUT2D eigenvalue weighted by Gasteiger charge is 2.31. The van der Waals surface area contributed by atoms with E-state index in [2.05, 4.69) is 20.9 Å². The predicted molar refractivity (Wildman–Crippen MR) is 90.5 cm³/mol. The van der Waals surface area contributed by atoms with Crippen LogP contribution < -0.4 is 0 Å². The Morgan fingerprint density at radius 1 is 1.14 bits per heavy atom. The second-order valence-corrected chi connectivity index (χ2v) is 5.81. The SMILES string of the molecule is CN=C(C)C(C(=O)OC)C(=O)c1ccc2cc(Br)ccc2c1. The lowest BCUT2D eigenvalue weighted by molar-refractivity contribution is -0.141. The minimum atomic E-state index is -0.997. The van der Waals surface area contributed by atoms with Gasteiger partial charge in [0.05, 0.1) is 7.11 Å². The van der Waals surface area contributed by atoms with Crippen molar-refractivity contribution in [2.75, 3.05) is 14.2 Å². The van der Waals surface area contributed by atoms with Crippen LogP contribution in [-0.2, 0) is 9.53 Å². The lowest BCUT2D eigenvalue weighted by Gasteiger charge is -2.13. The Balaban J connectivity index is 2.46. The molecular formula is C17H16BrNO3. The summed E-state index contributed by atoms with van der Waals surface area (Å²) in [5.41, 5.74) is 0.904. The van der Waals surface area contributed by atoms with Crippen LogP contribution in [0, 0.1) is 5.92 Å². The number of ketones is 1.